The fourth-order valence-electron chi connectivity index (χ4n) is 2.35. The van der Waals surface area contributed by atoms with Crippen molar-refractivity contribution >= 4 is 27.3 Å². The topological polar surface area (TPSA) is 133 Å². The average molecular weight is 371 g/mol. The van der Waals surface area contributed by atoms with Gasteiger partial charge in [-0.3, -0.25) is 0 Å². The van der Waals surface area contributed by atoms with E-state index in [4.69, 9.17) is 15.6 Å². The Balaban J connectivity index is 1.90. The zero-order valence-corrected chi connectivity index (χ0v) is 14.7. The number of nitrogens with two attached hydrogens (primary N) is 2. The summed E-state index contributed by atoms with van der Waals surface area (Å²) >= 11 is 0. The summed E-state index contributed by atoms with van der Waals surface area (Å²) in [6, 6.07) is 13.2. The third kappa shape index (κ3) is 3.90. The molecule has 0 amide bonds. The van der Waals surface area contributed by atoms with Crippen molar-refractivity contribution in [3.63, 3.8) is 0 Å². The van der Waals surface area contributed by atoms with Crippen molar-refractivity contribution in [2.24, 2.45) is 5.14 Å². The van der Waals surface area contributed by atoms with Crippen LogP contribution in [0.5, 0.6) is 5.75 Å². The highest BCUT2D eigenvalue weighted by atomic mass is 32.2. The van der Waals surface area contributed by atoms with Crippen molar-refractivity contribution in [2.45, 2.75) is 4.90 Å². The number of nitrogens with one attached hydrogen (secondary N) is 1. The standard InChI is InChI=1S/C17H17N5O3S/c1-25-16-6-5-11(9-14(16)18)15-7-8-20-17(22-15)21-12-3-2-4-13(10-12)26(19,23)24/h2-10H,18H2,1H3,(H2,19,23,24)(H,20,21,22). The number of anilines is 3. The van der Waals surface area contributed by atoms with Crippen molar-refractivity contribution < 1.29 is 13.2 Å². The van der Waals surface area contributed by atoms with E-state index >= 15 is 0 Å². The van der Waals surface area contributed by atoms with Crippen LogP contribution in [0.4, 0.5) is 17.3 Å². The average Bonchev–Trinajstić information content (AvgIpc) is 2.61. The maximum absolute atomic E-state index is 11.5. The number of nitrogen functional groups attached to an aromatic ring is 1. The molecule has 0 fully saturated rings. The molecule has 3 rings (SSSR count). The van der Waals surface area contributed by atoms with Gasteiger partial charge >= 0.3 is 0 Å². The van der Waals surface area contributed by atoms with Gasteiger partial charge in [0, 0.05) is 17.4 Å². The molecule has 0 atom stereocenters. The number of methoxy groups -OCH3 is 1. The van der Waals surface area contributed by atoms with Crippen LogP contribution < -0.4 is 20.9 Å². The summed E-state index contributed by atoms with van der Waals surface area (Å²) in [6.07, 6.45) is 1.59. The molecule has 0 spiro atoms. The van der Waals surface area contributed by atoms with Gasteiger partial charge in [0.25, 0.3) is 0 Å². The second-order valence-electron chi connectivity index (χ2n) is 5.42. The van der Waals surface area contributed by atoms with E-state index in [2.05, 4.69) is 15.3 Å². The molecule has 0 aliphatic carbocycles. The molecule has 0 saturated carbocycles. The van der Waals surface area contributed by atoms with Gasteiger partial charge in [0.1, 0.15) is 5.75 Å². The first-order valence-electron chi connectivity index (χ1n) is 7.53. The predicted molar refractivity (Wildman–Crippen MR) is 99.5 cm³/mol. The van der Waals surface area contributed by atoms with Crippen molar-refractivity contribution in [1.82, 2.24) is 9.97 Å². The molecule has 1 heterocycles. The molecule has 26 heavy (non-hydrogen) atoms. The van der Waals surface area contributed by atoms with Crippen LogP contribution in [0.15, 0.2) is 59.6 Å². The van der Waals surface area contributed by atoms with Crippen molar-refractivity contribution in [1.29, 1.82) is 0 Å². The summed E-state index contributed by atoms with van der Waals surface area (Å²) in [6.45, 7) is 0. The fourth-order valence-corrected chi connectivity index (χ4v) is 2.91. The van der Waals surface area contributed by atoms with E-state index in [1.165, 1.54) is 12.1 Å². The first-order chi connectivity index (χ1) is 12.4. The van der Waals surface area contributed by atoms with Gasteiger partial charge in [0.2, 0.25) is 16.0 Å². The molecular weight excluding hydrogens is 354 g/mol. The predicted octanol–water partition coefficient (Wildman–Crippen LogP) is 2.13. The van der Waals surface area contributed by atoms with E-state index in [-0.39, 0.29) is 4.90 Å². The zero-order chi connectivity index (χ0) is 18.7. The monoisotopic (exact) mass is 371 g/mol. The van der Waals surface area contributed by atoms with E-state index in [1.54, 1.807) is 43.6 Å². The summed E-state index contributed by atoms with van der Waals surface area (Å²) in [5, 5.41) is 8.11. The first kappa shape index (κ1) is 17.6. The van der Waals surface area contributed by atoms with Gasteiger partial charge in [-0.2, -0.15) is 0 Å². The second-order valence-corrected chi connectivity index (χ2v) is 6.98. The van der Waals surface area contributed by atoms with Crippen LogP contribution in [-0.2, 0) is 10.0 Å². The number of primary sulfonamides is 1. The molecule has 3 aromatic rings. The lowest BCUT2D eigenvalue weighted by Crippen LogP contribution is -2.12. The number of rotatable bonds is 5. The molecular formula is C17H17N5O3S. The van der Waals surface area contributed by atoms with Gasteiger partial charge < -0.3 is 15.8 Å². The van der Waals surface area contributed by atoms with Gasteiger partial charge in [-0.1, -0.05) is 6.07 Å². The lowest BCUT2D eigenvalue weighted by atomic mass is 10.1. The summed E-state index contributed by atoms with van der Waals surface area (Å²) < 4.78 is 28.1. The number of ether oxygens (including phenoxy) is 1. The second kappa shape index (κ2) is 6.98. The molecule has 0 bridgehead atoms. The summed E-state index contributed by atoms with van der Waals surface area (Å²) in [5.41, 5.74) is 8.39. The van der Waals surface area contributed by atoms with Gasteiger partial charge in [-0.05, 0) is 42.5 Å². The molecule has 8 nitrogen and oxygen atoms in total. The van der Waals surface area contributed by atoms with E-state index in [1.807, 2.05) is 6.07 Å². The number of aromatic nitrogens is 2. The quantitative estimate of drug-likeness (QED) is 0.585. The number of benzene rings is 2. The van der Waals surface area contributed by atoms with Gasteiger partial charge in [-0.25, -0.2) is 23.5 Å². The largest absolute Gasteiger partial charge is 0.495 e. The Morgan fingerprint density at radius 2 is 1.92 bits per heavy atom. The van der Waals surface area contributed by atoms with Gasteiger partial charge in [0.05, 0.1) is 23.4 Å². The normalized spacial score (nSPS) is 11.2. The van der Waals surface area contributed by atoms with Crippen LogP contribution in [-0.4, -0.2) is 25.5 Å². The van der Waals surface area contributed by atoms with Crippen LogP contribution >= 0.6 is 0 Å². The van der Waals surface area contributed by atoms with E-state index < -0.39 is 10.0 Å². The Bertz CT molecular complexity index is 1050. The first-order valence-corrected chi connectivity index (χ1v) is 9.08. The van der Waals surface area contributed by atoms with Gasteiger partial charge in [0.15, 0.2) is 0 Å². The molecule has 0 saturated heterocycles. The Labute approximate surface area is 150 Å². The number of sulfonamides is 1. The smallest absolute Gasteiger partial charge is 0.238 e. The molecule has 2 aromatic carbocycles. The van der Waals surface area contributed by atoms with E-state index in [0.29, 0.717) is 28.8 Å². The third-order valence-corrected chi connectivity index (χ3v) is 4.51. The lowest BCUT2D eigenvalue weighted by molar-refractivity contribution is 0.417. The van der Waals surface area contributed by atoms with Crippen LogP contribution in [0.3, 0.4) is 0 Å². The molecule has 134 valence electrons. The Hall–Kier alpha value is -3.17. The molecule has 0 aliphatic rings. The highest BCUT2D eigenvalue weighted by Crippen LogP contribution is 2.28. The zero-order valence-electron chi connectivity index (χ0n) is 13.9. The summed E-state index contributed by atoms with van der Waals surface area (Å²) in [4.78, 5) is 8.58. The highest BCUT2D eigenvalue weighted by Gasteiger charge is 2.09. The summed E-state index contributed by atoms with van der Waals surface area (Å²) in [7, 11) is -2.24. The minimum atomic E-state index is -3.79. The van der Waals surface area contributed by atoms with Gasteiger partial charge in [-0.15, -0.1) is 0 Å². The van der Waals surface area contributed by atoms with Crippen molar-refractivity contribution in [2.75, 3.05) is 18.2 Å². The molecule has 1 aromatic heterocycles. The Morgan fingerprint density at radius 3 is 2.62 bits per heavy atom. The highest BCUT2D eigenvalue weighted by molar-refractivity contribution is 7.89. The van der Waals surface area contributed by atoms with Crippen LogP contribution in [0.25, 0.3) is 11.3 Å². The SMILES string of the molecule is COc1ccc(-c2ccnc(Nc3cccc(S(N)(=O)=O)c3)n2)cc1N. The Kier molecular flexibility index (Phi) is 4.74. The molecule has 0 aliphatic heterocycles. The van der Waals surface area contributed by atoms with Crippen molar-refractivity contribution in [3.05, 3.63) is 54.7 Å². The van der Waals surface area contributed by atoms with E-state index in [0.717, 1.165) is 5.56 Å². The van der Waals surface area contributed by atoms with Crippen LogP contribution in [0.1, 0.15) is 0 Å². The van der Waals surface area contributed by atoms with Crippen LogP contribution in [0.2, 0.25) is 0 Å². The maximum Gasteiger partial charge on any atom is 0.238 e. The minimum Gasteiger partial charge on any atom is -0.495 e. The lowest BCUT2D eigenvalue weighted by Gasteiger charge is -2.09. The van der Waals surface area contributed by atoms with Crippen molar-refractivity contribution in [3.8, 4) is 17.0 Å². The number of hydrogen-bond donors (Lipinski definition) is 3. The maximum atomic E-state index is 11.5. The number of nitrogens with zero attached hydrogens (tertiary/aromatic N) is 2. The summed E-state index contributed by atoms with van der Waals surface area (Å²) in [5.74, 6) is 0.893. The molecule has 5 N–H and O–H groups in total. The molecule has 0 unspecified atom stereocenters. The Morgan fingerprint density at radius 1 is 1.12 bits per heavy atom. The molecule has 0 radical (unpaired) electrons. The number of hydrogen-bond acceptors (Lipinski definition) is 7. The van der Waals surface area contributed by atoms with E-state index in [9.17, 15) is 8.42 Å². The van der Waals surface area contributed by atoms with Crippen LogP contribution in [0, 0.1) is 0 Å². The minimum absolute atomic E-state index is 0.00147. The third-order valence-electron chi connectivity index (χ3n) is 3.60. The molecule has 9 heteroatoms. The fraction of sp³-hybridized carbons (Fsp3) is 0.0588.